The van der Waals surface area contributed by atoms with Crippen molar-refractivity contribution in [2.45, 2.75) is 57.8 Å². The van der Waals surface area contributed by atoms with Gasteiger partial charge in [0.2, 0.25) is 5.91 Å². The fourth-order valence-electron chi connectivity index (χ4n) is 3.56. The van der Waals surface area contributed by atoms with Gasteiger partial charge in [0.1, 0.15) is 5.75 Å². The van der Waals surface area contributed by atoms with Crippen molar-refractivity contribution < 1.29 is 24.9 Å². The van der Waals surface area contributed by atoms with Crippen LogP contribution in [0.5, 0.6) is 5.75 Å². The molecule has 2 bridgehead atoms. The second kappa shape index (κ2) is 13.0. The highest BCUT2D eigenvalue weighted by Crippen LogP contribution is 2.23. The number of carbonyl (C=O) groups is 1. The molecule has 1 aliphatic rings. The number of nitrogens with one attached hydrogen (secondary N) is 1. The van der Waals surface area contributed by atoms with Crippen molar-refractivity contribution in [1.29, 1.82) is 0 Å². The fraction of sp³-hybridized carbons (Fsp3) is 0.423. The van der Waals surface area contributed by atoms with Crippen LogP contribution in [0.25, 0.3) is 0 Å². The third-order valence-corrected chi connectivity index (χ3v) is 5.59. The number of aromatic hydroxyl groups is 1. The number of ether oxygens (including phenoxy) is 1. The molecule has 4 atom stereocenters. The Morgan fingerprint density at radius 1 is 1.09 bits per heavy atom. The number of benzene rings is 1. The lowest BCUT2D eigenvalue weighted by Gasteiger charge is -2.24. The van der Waals surface area contributed by atoms with Crippen LogP contribution in [0.15, 0.2) is 66.3 Å². The summed E-state index contributed by atoms with van der Waals surface area (Å²) < 4.78 is 5.36. The molecule has 0 radical (unpaired) electrons. The second-order valence-corrected chi connectivity index (χ2v) is 8.21. The van der Waals surface area contributed by atoms with E-state index in [0.717, 1.165) is 11.1 Å². The quantitative estimate of drug-likeness (QED) is 0.493. The minimum absolute atomic E-state index is 0.0782. The van der Waals surface area contributed by atoms with E-state index in [-0.39, 0.29) is 30.1 Å². The standard InChI is InChI=1S/C26H35NO5/c1-18-10-9-11-20-14-21(16-22(28)15-20)27-25(30)17-23(32-3)12-7-5-4-6-8-13-24(29)19(2)26(18)31/h4-8,10,12,14-16,19,23-24,26,28-29,31H,9,11,13,17H2,1-3H3,(H,27,30)/b5-4+,8-6+,12-7-,18-10+. The Morgan fingerprint density at radius 2 is 1.84 bits per heavy atom. The second-order valence-electron chi connectivity index (χ2n) is 8.21. The first-order valence-electron chi connectivity index (χ1n) is 11.0. The smallest absolute Gasteiger partial charge is 0.227 e. The van der Waals surface area contributed by atoms with Crippen LogP contribution in [0.3, 0.4) is 0 Å². The van der Waals surface area contributed by atoms with Gasteiger partial charge in [0.25, 0.3) is 0 Å². The predicted molar refractivity (Wildman–Crippen MR) is 127 cm³/mol. The number of methoxy groups -OCH3 is 1. The summed E-state index contributed by atoms with van der Waals surface area (Å²) in [5, 5.41) is 33.9. The van der Waals surface area contributed by atoms with E-state index >= 15 is 0 Å². The van der Waals surface area contributed by atoms with E-state index in [2.05, 4.69) is 5.32 Å². The zero-order valence-electron chi connectivity index (χ0n) is 19.1. The number of aliphatic hydroxyl groups is 2. The van der Waals surface area contributed by atoms with Gasteiger partial charge >= 0.3 is 0 Å². The van der Waals surface area contributed by atoms with Gasteiger partial charge in [0.15, 0.2) is 0 Å². The predicted octanol–water partition coefficient (Wildman–Crippen LogP) is 4.04. The maximum absolute atomic E-state index is 12.4. The minimum atomic E-state index is -0.740. The summed E-state index contributed by atoms with van der Waals surface area (Å²) in [6.07, 6.45) is 13.0. The molecular weight excluding hydrogens is 406 g/mol. The monoisotopic (exact) mass is 441 g/mol. The number of hydrogen-bond acceptors (Lipinski definition) is 5. The Kier molecular flexibility index (Phi) is 10.4. The number of allylic oxidation sites excluding steroid dienone is 5. The Balaban J connectivity index is 2.25. The van der Waals surface area contributed by atoms with Crippen LogP contribution in [-0.4, -0.2) is 46.6 Å². The lowest BCUT2D eigenvalue weighted by Crippen LogP contribution is -2.30. The van der Waals surface area contributed by atoms with Crippen molar-refractivity contribution in [2.24, 2.45) is 5.92 Å². The zero-order chi connectivity index (χ0) is 23.5. The minimum Gasteiger partial charge on any atom is -0.508 e. The van der Waals surface area contributed by atoms with Crippen molar-refractivity contribution in [2.75, 3.05) is 12.4 Å². The van der Waals surface area contributed by atoms with Gasteiger partial charge in [0.05, 0.1) is 24.7 Å². The summed E-state index contributed by atoms with van der Waals surface area (Å²) in [4.78, 5) is 12.4. The molecule has 6 heteroatoms. The molecular formula is C26H35NO5. The van der Waals surface area contributed by atoms with Crippen LogP contribution >= 0.6 is 0 Å². The number of aliphatic hydroxyl groups excluding tert-OH is 2. The summed E-state index contributed by atoms with van der Waals surface area (Å²) >= 11 is 0. The van der Waals surface area contributed by atoms with Gasteiger partial charge < -0.3 is 25.4 Å². The first-order valence-corrected chi connectivity index (χ1v) is 11.0. The normalized spacial score (nSPS) is 30.8. The molecule has 1 aliphatic heterocycles. The number of phenols is 1. The summed E-state index contributed by atoms with van der Waals surface area (Å²) in [7, 11) is 1.55. The van der Waals surface area contributed by atoms with E-state index in [1.54, 1.807) is 25.3 Å². The van der Waals surface area contributed by atoms with Gasteiger partial charge in [-0.3, -0.25) is 4.79 Å². The number of fused-ring (bicyclic) bond motifs is 2. The summed E-state index contributed by atoms with van der Waals surface area (Å²) in [6.45, 7) is 3.69. The SMILES string of the molecule is COC1\C=C/C=C/C=C/CC(O)C(C)C(O)/C(C)=C/CCc2cc(O)cc(c2)NC(=O)C1. The molecule has 0 aliphatic carbocycles. The van der Waals surface area contributed by atoms with Gasteiger partial charge in [-0.25, -0.2) is 0 Å². The van der Waals surface area contributed by atoms with Crippen LogP contribution in [0.2, 0.25) is 0 Å². The van der Waals surface area contributed by atoms with Crippen molar-refractivity contribution >= 4 is 11.6 Å². The van der Waals surface area contributed by atoms with Crippen molar-refractivity contribution in [3.05, 3.63) is 71.9 Å². The lowest BCUT2D eigenvalue weighted by molar-refractivity contribution is -0.117. The Hall–Kier alpha value is -2.67. The maximum atomic E-state index is 12.4. The van der Waals surface area contributed by atoms with Gasteiger partial charge in [-0.15, -0.1) is 0 Å². The molecule has 4 unspecified atom stereocenters. The molecule has 0 saturated heterocycles. The van der Waals surface area contributed by atoms with E-state index < -0.39 is 12.2 Å². The first kappa shape index (κ1) is 25.6. The average Bonchev–Trinajstić information content (AvgIpc) is 2.75. The largest absolute Gasteiger partial charge is 0.508 e. The van der Waals surface area contributed by atoms with Crippen LogP contribution in [0.1, 0.15) is 38.7 Å². The van der Waals surface area contributed by atoms with Gasteiger partial charge in [-0.2, -0.15) is 0 Å². The Bertz CT molecular complexity index is 871. The molecule has 1 amide bonds. The Labute approximate surface area is 190 Å². The van der Waals surface area contributed by atoms with Crippen LogP contribution < -0.4 is 5.32 Å². The molecule has 4 N–H and O–H groups in total. The highest BCUT2D eigenvalue weighted by Gasteiger charge is 2.22. The molecule has 1 aromatic rings. The molecule has 174 valence electrons. The number of anilines is 1. The van der Waals surface area contributed by atoms with E-state index in [1.807, 2.05) is 50.3 Å². The molecule has 6 nitrogen and oxygen atoms in total. The molecule has 0 spiro atoms. The van der Waals surface area contributed by atoms with Crippen molar-refractivity contribution in [3.63, 3.8) is 0 Å². The van der Waals surface area contributed by atoms with Crippen molar-refractivity contribution in [1.82, 2.24) is 0 Å². The van der Waals surface area contributed by atoms with E-state index in [0.29, 0.717) is 24.9 Å². The van der Waals surface area contributed by atoms with E-state index in [4.69, 9.17) is 4.74 Å². The van der Waals surface area contributed by atoms with Crippen LogP contribution in [-0.2, 0) is 16.0 Å². The van der Waals surface area contributed by atoms with Crippen LogP contribution in [0.4, 0.5) is 5.69 Å². The maximum Gasteiger partial charge on any atom is 0.227 e. The Morgan fingerprint density at radius 3 is 2.59 bits per heavy atom. The number of amides is 1. The molecule has 2 rings (SSSR count). The van der Waals surface area contributed by atoms with E-state index in [9.17, 15) is 20.1 Å². The summed E-state index contributed by atoms with van der Waals surface area (Å²) in [6, 6.07) is 5.01. The van der Waals surface area contributed by atoms with Crippen molar-refractivity contribution in [3.8, 4) is 5.75 Å². The fourth-order valence-corrected chi connectivity index (χ4v) is 3.56. The topological polar surface area (TPSA) is 99.0 Å². The third kappa shape index (κ3) is 8.46. The number of hydrogen-bond donors (Lipinski definition) is 4. The number of phenolic OH excluding ortho intramolecular Hbond substituents is 1. The lowest BCUT2D eigenvalue weighted by atomic mass is 9.90. The van der Waals surface area contributed by atoms with Crippen LogP contribution in [0, 0.1) is 5.92 Å². The zero-order valence-corrected chi connectivity index (χ0v) is 19.1. The molecule has 1 aromatic carbocycles. The number of carbonyl (C=O) groups excluding carboxylic acids is 1. The van der Waals surface area contributed by atoms with Gasteiger partial charge in [0, 0.05) is 24.8 Å². The van der Waals surface area contributed by atoms with Gasteiger partial charge in [-0.05, 0) is 49.5 Å². The summed E-state index contributed by atoms with van der Waals surface area (Å²) in [5.41, 5.74) is 2.20. The third-order valence-electron chi connectivity index (χ3n) is 5.59. The highest BCUT2D eigenvalue weighted by molar-refractivity contribution is 5.91. The first-order chi connectivity index (χ1) is 15.3. The van der Waals surface area contributed by atoms with E-state index in [1.165, 1.54) is 6.07 Å². The highest BCUT2D eigenvalue weighted by atomic mass is 16.5. The molecule has 32 heavy (non-hydrogen) atoms. The molecule has 0 saturated carbocycles. The molecule has 0 fully saturated rings. The summed E-state index contributed by atoms with van der Waals surface area (Å²) in [5.74, 6) is -0.442. The number of rotatable bonds is 1. The van der Waals surface area contributed by atoms with Gasteiger partial charge in [-0.1, -0.05) is 49.5 Å². The molecule has 0 aromatic heterocycles. The molecule has 1 heterocycles. The number of aryl methyl sites for hydroxylation is 1. The average molecular weight is 442 g/mol.